The van der Waals surface area contributed by atoms with E-state index in [0.717, 1.165) is 6.54 Å². The molecule has 0 aliphatic heterocycles. The van der Waals surface area contributed by atoms with Crippen LogP contribution >= 0.6 is 23.2 Å². The van der Waals surface area contributed by atoms with Crippen molar-refractivity contribution in [2.75, 3.05) is 12.4 Å². The fraction of sp³-hybridized carbons (Fsp3) is 0.286. The van der Waals surface area contributed by atoms with Gasteiger partial charge in [0, 0.05) is 30.5 Å². The van der Waals surface area contributed by atoms with Crippen LogP contribution in [-0.2, 0) is 13.1 Å². The summed E-state index contributed by atoms with van der Waals surface area (Å²) < 4.78 is 1.74. The molecule has 1 aromatic heterocycles. The van der Waals surface area contributed by atoms with Crippen LogP contribution in [0.2, 0.25) is 10.0 Å². The Kier molecular flexibility index (Phi) is 5.09. The lowest BCUT2D eigenvalue weighted by Gasteiger charge is -2.17. The zero-order valence-corrected chi connectivity index (χ0v) is 13.3. The summed E-state index contributed by atoms with van der Waals surface area (Å²) in [6.07, 6.45) is 1.75. The first-order chi connectivity index (χ1) is 9.99. The Labute approximate surface area is 133 Å². The van der Waals surface area contributed by atoms with Crippen LogP contribution in [0.3, 0.4) is 0 Å². The molecule has 2 aromatic rings. The van der Waals surface area contributed by atoms with Gasteiger partial charge in [0.25, 0.3) is 0 Å². The number of amides is 2. The lowest BCUT2D eigenvalue weighted by Crippen LogP contribution is -2.31. The number of halogens is 2. The molecule has 0 radical (unpaired) electrons. The Bertz CT molecular complexity index is 642. The highest BCUT2D eigenvalue weighted by atomic mass is 35.5. The molecule has 0 unspecified atom stereocenters. The fourth-order valence-electron chi connectivity index (χ4n) is 1.79. The Balaban J connectivity index is 2.00. The Morgan fingerprint density at radius 2 is 2.19 bits per heavy atom. The maximum Gasteiger partial charge on any atom is 0.321 e. The highest BCUT2D eigenvalue weighted by molar-refractivity contribution is 6.31. The van der Waals surface area contributed by atoms with E-state index in [1.54, 1.807) is 42.2 Å². The summed E-state index contributed by atoms with van der Waals surface area (Å²) in [4.78, 5) is 13.6. The summed E-state index contributed by atoms with van der Waals surface area (Å²) in [7, 11) is 1.68. The summed E-state index contributed by atoms with van der Waals surface area (Å²) in [5.74, 6) is 0. The number of carbonyl (C=O) groups is 1. The molecule has 0 saturated heterocycles. The fourth-order valence-corrected chi connectivity index (χ4v) is 2.19. The van der Waals surface area contributed by atoms with Gasteiger partial charge in [-0.3, -0.25) is 4.68 Å². The molecule has 0 aliphatic carbocycles. The summed E-state index contributed by atoms with van der Waals surface area (Å²) in [5, 5.41) is 8.21. The van der Waals surface area contributed by atoms with Crippen molar-refractivity contribution in [1.82, 2.24) is 14.7 Å². The molecule has 21 heavy (non-hydrogen) atoms. The van der Waals surface area contributed by atoms with Gasteiger partial charge in [0.15, 0.2) is 0 Å². The lowest BCUT2D eigenvalue weighted by molar-refractivity contribution is 0.220. The quantitative estimate of drug-likeness (QED) is 0.927. The third-order valence-corrected chi connectivity index (χ3v) is 3.47. The van der Waals surface area contributed by atoms with E-state index in [9.17, 15) is 4.79 Å². The van der Waals surface area contributed by atoms with Crippen LogP contribution in [0.5, 0.6) is 0 Å². The third kappa shape index (κ3) is 4.12. The number of nitrogens with one attached hydrogen (secondary N) is 1. The molecule has 7 heteroatoms. The molecule has 1 aromatic carbocycles. The molecule has 0 bridgehead atoms. The van der Waals surface area contributed by atoms with E-state index >= 15 is 0 Å². The number of aromatic nitrogens is 2. The second-order valence-corrected chi connectivity index (χ2v) is 5.42. The molecule has 1 heterocycles. The van der Waals surface area contributed by atoms with Gasteiger partial charge in [0.05, 0.1) is 11.6 Å². The second-order valence-electron chi connectivity index (χ2n) is 4.58. The van der Waals surface area contributed by atoms with Crippen molar-refractivity contribution in [1.29, 1.82) is 0 Å². The molecule has 0 saturated carbocycles. The van der Waals surface area contributed by atoms with Crippen LogP contribution in [0.1, 0.15) is 12.6 Å². The van der Waals surface area contributed by atoms with Crippen molar-refractivity contribution in [3.63, 3.8) is 0 Å². The first-order valence-electron chi connectivity index (χ1n) is 6.49. The smallest absolute Gasteiger partial charge is 0.321 e. The number of carbonyl (C=O) groups excluding carboxylic acids is 1. The van der Waals surface area contributed by atoms with E-state index < -0.39 is 0 Å². The maximum atomic E-state index is 12.1. The number of rotatable bonds is 4. The Morgan fingerprint density at radius 1 is 1.43 bits per heavy atom. The average Bonchev–Trinajstić information content (AvgIpc) is 2.79. The molecule has 5 nitrogen and oxygen atoms in total. The van der Waals surface area contributed by atoms with E-state index in [2.05, 4.69) is 10.4 Å². The highest BCUT2D eigenvalue weighted by Crippen LogP contribution is 2.17. The number of urea groups is 1. The predicted octanol–water partition coefficient (Wildman–Crippen LogP) is 3.87. The van der Waals surface area contributed by atoms with Gasteiger partial charge in [-0.15, -0.1) is 0 Å². The molecule has 0 spiro atoms. The number of hydrogen-bond acceptors (Lipinski definition) is 2. The van der Waals surface area contributed by atoms with Gasteiger partial charge in [0.2, 0.25) is 0 Å². The number of anilines is 1. The van der Waals surface area contributed by atoms with Gasteiger partial charge < -0.3 is 10.2 Å². The molecule has 1 N–H and O–H groups in total. The summed E-state index contributed by atoms with van der Waals surface area (Å²) in [6, 6.07) is 6.73. The van der Waals surface area contributed by atoms with Crippen LogP contribution < -0.4 is 5.32 Å². The first-order valence-corrected chi connectivity index (χ1v) is 7.24. The monoisotopic (exact) mass is 326 g/mol. The number of aryl methyl sites for hydroxylation is 1. The molecule has 0 atom stereocenters. The average molecular weight is 327 g/mol. The SMILES string of the molecule is CCn1cc(Cl)c(CN(C)C(=O)Nc2cccc(Cl)c2)n1. The predicted molar refractivity (Wildman–Crippen MR) is 84.8 cm³/mol. The summed E-state index contributed by atoms with van der Waals surface area (Å²) in [5.41, 5.74) is 1.31. The van der Waals surface area contributed by atoms with Crippen molar-refractivity contribution < 1.29 is 4.79 Å². The van der Waals surface area contributed by atoms with Crippen LogP contribution in [0.25, 0.3) is 0 Å². The number of nitrogens with zero attached hydrogens (tertiary/aromatic N) is 3. The first kappa shape index (κ1) is 15.7. The van der Waals surface area contributed by atoms with Gasteiger partial charge in [-0.05, 0) is 25.1 Å². The van der Waals surface area contributed by atoms with Gasteiger partial charge in [-0.1, -0.05) is 29.3 Å². The molecular formula is C14H16Cl2N4O. The number of hydrogen-bond donors (Lipinski definition) is 1. The zero-order chi connectivity index (χ0) is 15.4. The number of benzene rings is 1. The minimum atomic E-state index is -0.251. The highest BCUT2D eigenvalue weighted by Gasteiger charge is 2.14. The Hall–Kier alpha value is -1.72. The van der Waals surface area contributed by atoms with Crippen molar-refractivity contribution in [2.24, 2.45) is 0 Å². The minimum Gasteiger partial charge on any atom is -0.322 e. The van der Waals surface area contributed by atoms with Crippen LogP contribution in [-0.4, -0.2) is 27.8 Å². The molecule has 0 aliphatic rings. The van der Waals surface area contributed by atoms with E-state index in [0.29, 0.717) is 28.0 Å². The van der Waals surface area contributed by atoms with Crippen molar-refractivity contribution in [2.45, 2.75) is 20.0 Å². The summed E-state index contributed by atoms with van der Waals surface area (Å²) >= 11 is 12.0. The minimum absolute atomic E-state index is 0.251. The van der Waals surface area contributed by atoms with E-state index in [-0.39, 0.29) is 6.03 Å². The van der Waals surface area contributed by atoms with Crippen LogP contribution in [0, 0.1) is 0 Å². The maximum absolute atomic E-state index is 12.1. The van der Waals surface area contributed by atoms with Crippen LogP contribution in [0.4, 0.5) is 10.5 Å². The van der Waals surface area contributed by atoms with Gasteiger partial charge in [-0.25, -0.2) is 4.79 Å². The van der Waals surface area contributed by atoms with E-state index in [1.165, 1.54) is 4.90 Å². The molecule has 112 valence electrons. The lowest BCUT2D eigenvalue weighted by atomic mass is 10.3. The van der Waals surface area contributed by atoms with Gasteiger partial charge >= 0.3 is 6.03 Å². The Morgan fingerprint density at radius 3 is 2.81 bits per heavy atom. The van der Waals surface area contributed by atoms with E-state index in [1.807, 2.05) is 6.92 Å². The molecule has 2 rings (SSSR count). The van der Waals surface area contributed by atoms with Crippen molar-refractivity contribution in [3.8, 4) is 0 Å². The molecule has 2 amide bonds. The standard InChI is InChI=1S/C14H16Cl2N4O/c1-3-20-8-12(16)13(18-20)9-19(2)14(21)17-11-6-4-5-10(15)7-11/h4-8H,3,9H2,1-2H3,(H,17,21). The van der Waals surface area contributed by atoms with Gasteiger partial charge in [-0.2, -0.15) is 5.10 Å². The second kappa shape index (κ2) is 6.83. The summed E-state index contributed by atoms with van der Waals surface area (Å²) in [6.45, 7) is 3.04. The topological polar surface area (TPSA) is 50.2 Å². The van der Waals surface area contributed by atoms with E-state index in [4.69, 9.17) is 23.2 Å². The van der Waals surface area contributed by atoms with Crippen molar-refractivity contribution in [3.05, 3.63) is 46.2 Å². The normalized spacial score (nSPS) is 10.5. The third-order valence-electron chi connectivity index (χ3n) is 2.92. The van der Waals surface area contributed by atoms with Crippen LogP contribution in [0.15, 0.2) is 30.5 Å². The zero-order valence-electron chi connectivity index (χ0n) is 11.8. The van der Waals surface area contributed by atoms with Crippen molar-refractivity contribution >= 4 is 34.9 Å². The molecular weight excluding hydrogens is 311 g/mol. The van der Waals surface area contributed by atoms with Gasteiger partial charge in [0.1, 0.15) is 5.69 Å². The largest absolute Gasteiger partial charge is 0.322 e. The molecule has 0 fully saturated rings.